The van der Waals surface area contributed by atoms with Crippen LogP contribution in [0.15, 0.2) is 18.2 Å². The Balaban J connectivity index is 2.04. The molecule has 0 saturated carbocycles. The van der Waals surface area contributed by atoms with E-state index in [1.807, 2.05) is 0 Å². The number of aromatic carboxylic acids is 1. The van der Waals surface area contributed by atoms with Crippen molar-refractivity contribution in [1.29, 1.82) is 0 Å². The molecule has 1 aliphatic heterocycles. The van der Waals surface area contributed by atoms with Crippen LogP contribution < -0.4 is 4.74 Å². The van der Waals surface area contributed by atoms with Gasteiger partial charge in [0.15, 0.2) is 6.10 Å². The predicted octanol–water partition coefficient (Wildman–Crippen LogP) is 1.91. The topological polar surface area (TPSA) is 66.8 Å². The fourth-order valence-corrected chi connectivity index (χ4v) is 2.19. The number of benzene rings is 1. The lowest BCUT2D eigenvalue weighted by Crippen LogP contribution is -2.38. The lowest BCUT2D eigenvalue weighted by molar-refractivity contribution is -0.136. The zero-order valence-electron chi connectivity index (χ0n) is 11.1. The van der Waals surface area contributed by atoms with Crippen LogP contribution in [-0.2, 0) is 4.79 Å². The van der Waals surface area contributed by atoms with Crippen molar-refractivity contribution in [3.8, 4) is 5.75 Å². The maximum atomic E-state index is 13.5. The van der Waals surface area contributed by atoms with Crippen LogP contribution in [0.3, 0.4) is 0 Å². The molecule has 108 valence electrons. The van der Waals surface area contributed by atoms with Gasteiger partial charge in [0.2, 0.25) is 0 Å². The van der Waals surface area contributed by atoms with Crippen LogP contribution in [-0.4, -0.2) is 41.1 Å². The lowest BCUT2D eigenvalue weighted by atomic mass is 10.2. The molecule has 0 bridgehead atoms. The minimum atomic E-state index is -1.34. The number of hydrogen-bond donors (Lipinski definition) is 1. The second kappa shape index (κ2) is 5.90. The van der Waals surface area contributed by atoms with E-state index >= 15 is 0 Å². The van der Waals surface area contributed by atoms with Crippen LogP contribution in [0.5, 0.6) is 5.75 Å². The number of nitrogens with zero attached hydrogens (tertiary/aromatic N) is 1. The van der Waals surface area contributed by atoms with E-state index in [0.29, 0.717) is 0 Å². The third kappa shape index (κ3) is 3.07. The first kappa shape index (κ1) is 14.3. The van der Waals surface area contributed by atoms with Gasteiger partial charge in [-0.2, -0.15) is 0 Å². The van der Waals surface area contributed by atoms with Crippen molar-refractivity contribution in [3.63, 3.8) is 0 Å². The first-order chi connectivity index (χ1) is 9.49. The summed E-state index contributed by atoms with van der Waals surface area (Å²) in [5, 5.41) is 8.73. The van der Waals surface area contributed by atoms with Crippen LogP contribution in [0.2, 0.25) is 0 Å². The van der Waals surface area contributed by atoms with E-state index in [-0.39, 0.29) is 11.7 Å². The summed E-state index contributed by atoms with van der Waals surface area (Å²) in [6.07, 6.45) is 1.25. The summed E-state index contributed by atoms with van der Waals surface area (Å²) < 4.78 is 18.9. The monoisotopic (exact) mass is 281 g/mol. The summed E-state index contributed by atoms with van der Waals surface area (Å²) >= 11 is 0. The van der Waals surface area contributed by atoms with E-state index < -0.39 is 23.5 Å². The number of hydrogen-bond acceptors (Lipinski definition) is 3. The van der Waals surface area contributed by atoms with Crippen LogP contribution >= 0.6 is 0 Å². The first-order valence-corrected chi connectivity index (χ1v) is 6.47. The Morgan fingerprint density at radius 3 is 2.55 bits per heavy atom. The molecule has 1 atom stereocenters. The van der Waals surface area contributed by atoms with Crippen LogP contribution in [0.25, 0.3) is 0 Å². The largest absolute Gasteiger partial charge is 0.481 e. The van der Waals surface area contributed by atoms with E-state index in [4.69, 9.17) is 9.84 Å². The molecule has 0 aliphatic carbocycles. The molecule has 0 radical (unpaired) electrons. The van der Waals surface area contributed by atoms with Crippen molar-refractivity contribution in [1.82, 2.24) is 4.90 Å². The number of carboxylic acids is 1. The summed E-state index contributed by atoms with van der Waals surface area (Å²) in [7, 11) is 0. The molecule has 1 N–H and O–H groups in total. The van der Waals surface area contributed by atoms with E-state index in [1.165, 1.54) is 6.07 Å². The SMILES string of the molecule is CC(Oc1ccc(C(=O)O)c(F)c1)C(=O)N1CCCC1. The third-order valence-electron chi connectivity index (χ3n) is 3.25. The van der Waals surface area contributed by atoms with Crippen molar-refractivity contribution in [2.24, 2.45) is 0 Å². The van der Waals surface area contributed by atoms with Crippen LogP contribution in [0.4, 0.5) is 4.39 Å². The molecule has 1 aromatic carbocycles. The molecule has 1 heterocycles. The summed E-state index contributed by atoms with van der Waals surface area (Å²) in [5.74, 6) is -2.20. The number of ether oxygens (including phenoxy) is 1. The zero-order valence-corrected chi connectivity index (χ0v) is 11.1. The summed E-state index contributed by atoms with van der Waals surface area (Å²) in [4.78, 5) is 24.4. The summed E-state index contributed by atoms with van der Waals surface area (Å²) in [6.45, 7) is 3.04. The highest BCUT2D eigenvalue weighted by atomic mass is 19.1. The molecule has 6 heteroatoms. The quantitative estimate of drug-likeness (QED) is 0.915. The molecule has 0 spiro atoms. The molecule has 1 unspecified atom stereocenters. The van der Waals surface area contributed by atoms with Gasteiger partial charge in [0.05, 0.1) is 5.56 Å². The zero-order chi connectivity index (χ0) is 14.7. The van der Waals surface area contributed by atoms with Gasteiger partial charge in [-0.25, -0.2) is 9.18 Å². The maximum Gasteiger partial charge on any atom is 0.338 e. The van der Waals surface area contributed by atoms with Crippen LogP contribution in [0.1, 0.15) is 30.1 Å². The molecule has 1 aromatic rings. The molecular weight excluding hydrogens is 265 g/mol. The normalized spacial score (nSPS) is 16.0. The Morgan fingerprint density at radius 1 is 1.35 bits per heavy atom. The van der Waals surface area contributed by atoms with Gasteiger partial charge in [0.1, 0.15) is 11.6 Å². The Bertz CT molecular complexity index is 526. The van der Waals surface area contributed by atoms with Gasteiger partial charge in [-0.15, -0.1) is 0 Å². The Labute approximate surface area is 116 Å². The Morgan fingerprint density at radius 2 is 2.00 bits per heavy atom. The standard InChI is InChI=1S/C14H16FNO4/c1-9(13(17)16-6-2-3-7-16)20-10-4-5-11(14(18)19)12(15)8-10/h4-5,8-9H,2-3,6-7H2,1H3,(H,18,19). The van der Waals surface area contributed by atoms with Gasteiger partial charge >= 0.3 is 5.97 Å². The molecule has 20 heavy (non-hydrogen) atoms. The van der Waals surface area contributed by atoms with Gasteiger partial charge in [-0.3, -0.25) is 4.79 Å². The second-order valence-electron chi connectivity index (χ2n) is 4.74. The molecule has 5 nitrogen and oxygen atoms in total. The van der Waals surface area contributed by atoms with Gasteiger partial charge < -0.3 is 14.7 Å². The highest BCUT2D eigenvalue weighted by molar-refractivity contribution is 5.88. The number of halogens is 1. The predicted molar refractivity (Wildman–Crippen MR) is 69.3 cm³/mol. The summed E-state index contributed by atoms with van der Waals surface area (Å²) in [6, 6.07) is 3.46. The fourth-order valence-electron chi connectivity index (χ4n) is 2.19. The number of carbonyl (C=O) groups excluding carboxylic acids is 1. The third-order valence-corrected chi connectivity index (χ3v) is 3.25. The first-order valence-electron chi connectivity index (χ1n) is 6.47. The minimum Gasteiger partial charge on any atom is -0.481 e. The van der Waals surface area contributed by atoms with Crippen molar-refractivity contribution < 1.29 is 23.8 Å². The van der Waals surface area contributed by atoms with Crippen molar-refractivity contribution in [2.45, 2.75) is 25.9 Å². The van der Waals surface area contributed by atoms with E-state index in [9.17, 15) is 14.0 Å². The van der Waals surface area contributed by atoms with Crippen LogP contribution in [0, 0.1) is 5.82 Å². The average molecular weight is 281 g/mol. The van der Waals surface area contributed by atoms with Gasteiger partial charge in [0.25, 0.3) is 5.91 Å². The number of carboxylic acid groups (broad SMARTS) is 1. The number of likely N-dealkylation sites (tertiary alicyclic amines) is 1. The number of rotatable bonds is 4. The molecule has 0 aromatic heterocycles. The average Bonchev–Trinajstić information content (AvgIpc) is 2.91. The smallest absolute Gasteiger partial charge is 0.338 e. The van der Waals surface area contributed by atoms with E-state index in [0.717, 1.165) is 38.1 Å². The van der Waals surface area contributed by atoms with Gasteiger partial charge in [-0.1, -0.05) is 0 Å². The Hall–Kier alpha value is -2.11. The van der Waals surface area contributed by atoms with Crippen molar-refractivity contribution in [3.05, 3.63) is 29.6 Å². The molecule has 1 saturated heterocycles. The lowest BCUT2D eigenvalue weighted by Gasteiger charge is -2.21. The van der Waals surface area contributed by atoms with Gasteiger partial charge in [-0.05, 0) is 31.9 Å². The molecular formula is C14H16FNO4. The summed E-state index contributed by atoms with van der Waals surface area (Å²) in [5.41, 5.74) is -0.420. The maximum absolute atomic E-state index is 13.5. The van der Waals surface area contributed by atoms with E-state index in [1.54, 1.807) is 11.8 Å². The molecule has 1 amide bonds. The highest BCUT2D eigenvalue weighted by Gasteiger charge is 2.24. The van der Waals surface area contributed by atoms with Crippen molar-refractivity contribution in [2.75, 3.05) is 13.1 Å². The molecule has 2 rings (SSSR count). The molecule has 1 fully saturated rings. The Kier molecular flexibility index (Phi) is 4.22. The number of amides is 1. The minimum absolute atomic E-state index is 0.134. The van der Waals surface area contributed by atoms with Crippen molar-refractivity contribution >= 4 is 11.9 Å². The van der Waals surface area contributed by atoms with E-state index in [2.05, 4.69) is 0 Å². The number of carbonyl (C=O) groups is 2. The van der Waals surface area contributed by atoms with Gasteiger partial charge in [0, 0.05) is 19.2 Å². The highest BCUT2D eigenvalue weighted by Crippen LogP contribution is 2.19. The molecule has 1 aliphatic rings. The fraction of sp³-hybridized carbons (Fsp3) is 0.429. The second-order valence-corrected chi connectivity index (χ2v) is 4.74.